The highest BCUT2D eigenvalue weighted by molar-refractivity contribution is 8.01. The number of amidine groups is 1. The van der Waals surface area contributed by atoms with Crippen molar-refractivity contribution in [2.24, 2.45) is 16.3 Å². The number of rotatable bonds is 5. The standard InChI is InChI=1S/C9H16N4OS2/c1-6-11-12-8(16-6)15-5-4-9(2,3)7(10)13-14/h14H,4-5H2,1-3H3,(H2,10,13). The number of hydrogen-bond acceptors (Lipinski definition) is 6. The van der Waals surface area contributed by atoms with Gasteiger partial charge in [0.1, 0.15) is 10.8 Å². The molecule has 90 valence electrons. The first-order valence-electron chi connectivity index (χ1n) is 4.86. The second kappa shape index (κ2) is 5.49. The van der Waals surface area contributed by atoms with Gasteiger partial charge in [0.25, 0.3) is 0 Å². The minimum absolute atomic E-state index is 0.265. The van der Waals surface area contributed by atoms with Crippen LogP contribution in [0.15, 0.2) is 9.50 Å². The van der Waals surface area contributed by atoms with E-state index in [2.05, 4.69) is 15.4 Å². The fourth-order valence-corrected chi connectivity index (χ4v) is 3.14. The Labute approximate surface area is 103 Å². The fraction of sp³-hybridized carbons (Fsp3) is 0.667. The normalized spacial score (nSPS) is 13.1. The highest BCUT2D eigenvalue weighted by atomic mass is 32.2. The molecule has 0 aromatic carbocycles. The zero-order chi connectivity index (χ0) is 12.2. The van der Waals surface area contributed by atoms with E-state index in [1.165, 1.54) is 0 Å². The molecule has 0 atom stereocenters. The van der Waals surface area contributed by atoms with Crippen molar-refractivity contribution in [3.8, 4) is 0 Å². The predicted octanol–water partition coefficient (Wildman–Crippen LogP) is 2.10. The summed E-state index contributed by atoms with van der Waals surface area (Å²) in [6.45, 7) is 5.84. The molecule has 0 aliphatic heterocycles. The van der Waals surface area contributed by atoms with Crippen LogP contribution in [0.3, 0.4) is 0 Å². The maximum Gasteiger partial charge on any atom is 0.174 e. The molecule has 0 aliphatic carbocycles. The monoisotopic (exact) mass is 260 g/mol. The van der Waals surface area contributed by atoms with Crippen LogP contribution in [0.1, 0.15) is 25.3 Å². The number of thioether (sulfide) groups is 1. The van der Waals surface area contributed by atoms with Gasteiger partial charge in [0.2, 0.25) is 0 Å². The van der Waals surface area contributed by atoms with E-state index in [1.807, 2.05) is 20.8 Å². The van der Waals surface area contributed by atoms with Gasteiger partial charge in [-0.1, -0.05) is 42.1 Å². The lowest BCUT2D eigenvalue weighted by atomic mass is 9.89. The third-order valence-electron chi connectivity index (χ3n) is 2.26. The molecule has 0 saturated carbocycles. The number of hydrogen-bond donors (Lipinski definition) is 2. The largest absolute Gasteiger partial charge is 0.409 e. The van der Waals surface area contributed by atoms with Crippen LogP contribution in [-0.2, 0) is 0 Å². The summed E-state index contributed by atoms with van der Waals surface area (Å²) in [5.74, 6) is 1.14. The maximum atomic E-state index is 8.63. The first-order valence-corrected chi connectivity index (χ1v) is 6.67. The third kappa shape index (κ3) is 3.64. The summed E-state index contributed by atoms with van der Waals surface area (Å²) >= 11 is 3.23. The molecular formula is C9H16N4OS2. The Morgan fingerprint density at radius 2 is 2.25 bits per heavy atom. The predicted molar refractivity (Wildman–Crippen MR) is 67.2 cm³/mol. The van der Waals surface area contributed by atoms with Crippen LogP contribution >= 0.6 is 23.1 Å². The summed E-state index contributed by atoms with van der Waals surface area (Å²) in [6.07, 6.45) is 0.826. The van der Waals surface area contributed by atoms with E-state index in [0.29, 0.717) is 0 Å². The molecule has 0 bridgehead atoms. The van der Waals surface area contributed by atoms with E-state index >= 15 is 0 Å². The molecule has 0 radical (unpaired) electrons. The Morgan fingerprint density at radius 3 is 2.75 bits per heavy atom. The summed E-state index contributed by atoms with van der Waals surface area (Å²) in [6, 6.07) is 0. The van der Waals surface area contributed by atoms with Crippen molar-refractivity contribution in [2.45, 2.75) is 31.5 Å². The Kier molecular flexibility index (Phi) is 4.55. The van der Waals surface area contributed by atoms with Crippen LogP contribution in [0.5, 0.6) is 0 Å². The molecule has 1 rings (SSSR count). The van der Waals surface area contributed by atoms with Gasteiger partial charge >= 0.3 is 0 Å². The summed E-state index contributed by atoms with van der Waals surface area (Å²) in [4.78, 5) is 0. The third-order valence-corrected chi connectivity index (χ3v) is 4.23. The van der Waals surface area contributed by atoms with Gasteiger partial charge in [0, 0.05) is 11.2 Å². The average molecular weight is 260 g/mol. The molecule has 1 aromatic rings. The van der Waals surface area contributed by atoms with Crippen molar-refractivity contribution in [2.75, 3.05) is 5.75 Å². The molecule has 0 spiro atoms. The van der Waals surface area contributed by atoms with Gasteiger partial charge in [-0.25, -0.2) is 0 Å². The minimum Gasteiger partial charge on any atom is -0.409 e. The van der Waals surface area contributed by atoms with Gasteiger partial charge in [0.05, 0.1) is 0 Å². The van der Waals surface area contributed by atoms with Crippen LogP contribution < -0.4 is 5.73 Å². The van der Waals surface area contributed by atoms with Crippen molar-refractivity contribution in [3.05, 3.63) is 5.01 Å². The second-order valence-corrected chi connectivity index (χ2v) is 6.58. The highest BCUT2D eigenvalue weighted by Gasteiger charge is 2.23. The van der Waals surface area contributed by atoms with Crippen molar-refractivity contribution in [1.29, 1.82) is 0 Å². The van der Waals surface area contributed by atoms with Crippen LogP contribution in [0, 0.1) is 12.3 Å². The number of oxime groups is 1. The van der Waals surface area contributed by atoms with E-state index < -0.39 is 0 Å². The molecule has 0 aliphatic rings. The van der Waals surface area contributed by atoms with Crippen molar-refractivity contribution < 1.29 is 5.21 Å². The van der Waals surface area contributed by atoms with Gasteiger partial charge in [-0.15, -0.1) is 10.2 Å². The first kappa shape index (κ1) is 13.2. The Balaban J connectivity index is 2.41. The molecular weight excluding hydrogens is 244 g/mol. The zero-order valence-corrected chi connectivity index (χ0v) is 11.2. The summed E-state index contributed by atoms with van der Waals surface area (Å²) in [5, 5.41) is 20.6. The molecule has 3 N–H and O–H groups in total. The summed E-state index contributed by atoms with van der Waals surface area (Å²) in [7, 11) is 0. The molecule has 16 heavy (non-hydrogen) atoms. The Morgan fingerprint density at radius 1 is 1.56 bits per heavy atom. The van der Waals surface area contributed by atoms with Crippen LogP contribution in [-0.4, -0.2) is 27.0 Å². The zero-order valence-electron chi connectivity index (χ0n) is 9.60. The number of aromatic nitrogens is 2. The Hall–Kier alpha value is -0.820. The van der Waals surface area contributed by atoms with Crippen molar-refractivity contribution in [1.82, 2.24) is 10.2 Å². The van der Waals surface area contributed by atoms with Gasteiger partial charge in [-0.3, -0.25) is 0 Å². The van der Waals surface area contributed by atoms with Gasteiger partial charge < -0.3 is 10.9 Å². The fourth-order valence-electron chi connectivity index (χ4n) is 0.994. The number of nitrogens with zero attached hydrogens (tertiary/aromatic N) is 3. The summed E-state index contributed by atoms with van der Waals surface area (Å²) in [5.41, 5.74) is 5.31. The van der Waals surface area contributed by atoms with Crippen LogP contribution in [0.25, 0.3) is 0 Å². The Bertz CT molecular complexity index is 375. The highest BCUT2D eigenvalue weighted by Crippen LogP contribution is 2.28. The average Bonchev–Trinajstić information content (AvgIpc) is 2.62. The lowest BCUT2D eigenvalue weighted by Crippen LogP contribution is -2.32. The van der Waals surface area contributed by atoms with Gasteiger partial charge in [-0.2, -0.15) is 0 Å². The first-order chi connectivity index (χ1) is 7.45. The van der Waals surface area contributed by atoms with E-state index in [9.17, 15) is 0 Å². The quantitative estimate of drug-likeness (QED) is 0.278. The molecule has 0 unspecified atom stereocenters. The van der Waals surface area contributed by atoms with E-state index in [-0.39, 0.29) is 11.3 Å². The lowest BCUT2D eigenvalue weighted by Gasteiger charge is -2.21. The molecule has 0 fully saturated rings. The number of nitrogens with two attached hydrogens (primary N) is 1. The number of aryl methyl sites for hydroxylation is 1. The summed E-state index contributed by atoms with van der Waals surface area (Å²) < 4.78 is 0.966. The van der Waals surface area contributed by atoms with E-state index in [1.54, 1.807) is 23.1 Å². The maximum absolute atomic E-state index is 8.63. The minimum atomic E-state index is -0.290. The van der Waals surface area contributed by atoms with Crippen molar-refractivity contribution in [3.63, 3.8) is 0 Å². The lowest BCUT2D eigenvalue weighted by molar-refractivity contribution is 0.307. The van der Waals surface area contributed by atoms with Gasteiger partial charge in [0.15, 0.2) is 4.34 Å². The van der Waals surface area contributed by atoms with Crippen molar-refractivity contribution >= 4 is 28.9 Å². The SMILES string of the molecule is Cc1nnc(SCCC(C)(C)C(N)=NO)s1. The molecule has 5 nitrogen and oxygen atoms in total. The molecule has 7 heteroatoms. The molecule has 0 saturated heterocycles. The smallest absolute Gasteiger partial charge is 0.174 e. The molecule has 1 aromatic heterocycles. The second-order valence-electron chi connectivity index (χ2n) is 4.05. The molecule has 1 heterocycles. The van der Waals surface area contributed by atoms with E-state index in [0.717, 1.165) is 21.5 Å². The van der Waals surface area contributed by atoms with Gasteiger partial charge in [-0.05, 0) is 13.3 Å². The molecule has 0 amide bonds. The van der Waals surface area contributed by atoms with Crippen LogP contribution in [0.2, 0.25) is 0 Å². The van der Waals surface area contributed by atoms with Crippen LogP contribution in [0.4, 0.5) is 0 Å². The topological polar surface area (TPSA) is 84.4 Å². The van der Waals surface area contributed by atoms with E-state index in [4.69, 9.17) is 10.9 Å².